The van der Waals surface area contributed by atoms with E-state index in [9.17, 15) is 9.59 Å². The number of pyridine rings is 1. The molecular formula is C20H26N8O2. The van der Waals surface area contributed by atoms with Gasteiger partial charge in [-0.2, -0.15) is 9.61 Å². The Balaban J connectivity index is 1.90. The van der Waals surface area contributed by atoms with Crippen molar-refractivity contribution in [2.75, 3.05) is 37.8 Å². The summed E-state index contributed by atoms with van der Waals surface area (Å²) in [5, 5.41) is 13.1. The molecule has 0 saturated carbocycles. The molecule has 3 N–H and O–H groups in total. The summed E-state index contributed by atoms with van der Waals surface area (Å²) in [5.74, 6) is 1.23. The molecule has 3 aromatic heterocycles. The third kappa shape index (κ3) is 4.48. The number of amides is 2. The first-order chi connectivity index (χ1) is 14.3. The molecule has 10 heteroatoms. The molecule has 0 aromatic carbocycles. The minimum Gasteiger partial charge on any atom is -0.373 e. The van der Waals surface area contributed by atoms with E-state index in [-0.39, 0.29) is 18.0 Å². The predicted octanol–water partition coefficient (Wildman–Crippen LogP) is 1.73. The highest BCUT2D eigenvalue weighted by atomic mass is 16.2. The highest BCUT2D eigenvalue weighted by molar-refractivity contribution is 6.01. The maximum absolute atomic E-state index is 12.7. The molecule has 0 saturated heterocycles. The molecule has 2 amide bonds. The summed E-state index contributed by atoms with van der Waals surface area (Å²) in [4.78, 5) is 35.2. The third-order valence-electron chi connectivity index (χ3n) is 4.63. The van der Waals surface area contributed by atoms with Crippen LogP contribution in [0.2, 0.25) is 0 Å². The molecule has 0 atom stereocenters. The van der Waals surface area contributed by atoms with Gasteiger partial charge in [0.15, 0.2) is 5.65 Å². The Labute approximate surface area is 174 Å². The van der Waals surface area contributed by atoms with Crippen LogP contribution in [0.25, 0.3) is 5.65 Å². The Morgan fingerprint density at radius 2 is 1.87 bits per heavy atom. The van der Waals surface area contributed by atoms with E-state index >= 15 is 0 Å². The zero-order chi connectivity index (χ0) is 21.8. The fourth-order valence-electron chi connectivity index (χ4n) is 2.96. The minimum absolute atomic E-state index is 0.0934. The van der Waals surface area contributed by atoms with Gasteiger partial charge in [0.2, 0.25) is 5.91 Å². The maximum Gasteiger partial charge on any atom is 0.257 e. The number of carbonyl (C=O) groups is 2. The van der Waals surface area contributed by atoms with Crippen molar-refractivity contribution in [2.45, 2.75) is 20.8 Å². The number of anilines is 3. The lowest BCUT2D eigenvalue weighted by molar-refractivity contribution is -0.128. The number of hydrogen-bond acceptors (Lipinski definition) is 7. The van der Waals surface area contributed by atoms with Gasteiger partial charge in [-0.15, -0.1) is 0 Å². The first kappa shape index (κ1) is 21.0. The molecule has 0 aliphatic carbocycles. The Morgan fingerprint density at radius 1 is 1.13 bits per heavy atom. The minimum atomic E-state index is -0.418. The molecular weight excluding hydrogens is 384 g/mol. The second-order valence-electron chi connectivity index (χ2n) is 6.96. The van der Waals surface area contributed by atoms with E-state index in [1.54, 1.807) is 20.2 Å². The zero-order valence-corrected chi connectivity index (χ0v) is 17.8. The van der Waals surface area contributed by atoms with Gasteiger partial charge < -0.3 is 20.9 Å². The number of likely N-dealkylation sites (N-methyl/N-ethyl adjacent to an activating group) is 1. The molecule has 158 valence electrons. The summed E-state index contributed by atoms with van der Waals surface area (Å²) in [6.45, 7) is 6.26. The standard InChI is InChI=1S/C20H26N8O2/c1-6-27(5)18(29)11-22-20(30)14-10-23-28-17(21-4)9-16(26-19(14)28)25-15-8-12(2)7-13(3)24-15/h7-10,21H,6,11H2,1-5H3,(H,22,30)(H,24,25,26). The zero-order valence-electron chi connectivity index (χ0n) is 17.8. The van der Waals surface area contributed by atoms with Crippen LogP contribution in [-0.2, 0) is 4.79 Å². The first-order valence-corrected chi connectivity index (χ1v) is 9.63. The van der Waals surface area contributed by atoms with Crippen molar-refractivity contribution in [1.82, 2.24) is 29.8 Å². The smallest absolute Gasteiger partial charge is 0.257 e. The molecule has 30 heavy (non-hydrogen) atoms. The Morgan fingerprint density at radius 3 is 2.53 bits per heavy atom. The van der Waals surface area contributed by atoms with E-state index in [2.05, 4.69) is 31.0 Å². The maximum atomic E-state index is 12.7. The summed E-state index contributed by atoms with van der Waals surface area (Å²) in [7, 11) is 3.44. The van der Waals surface area contributed by atoms with E-state index in [0.29, 0.717) is 29.6 Å². The normalized spacial score (nSPS) is 10.7. The van der Waals surface area contributed by atoms with Gasteiger partial charge in [0.05, 0.1) is 12.7 Å². The van der Waals surface area contributed by atoms with Crippen LogP contribution in [0.5, 0.6) is 0 Å². The van der Waals surface area contributed by atoms with Crippen molar-refractivity contribution in [3.8, 4) is 0 Å². The van der Waals surface area contributed by atoms with Crippen LogP contribution in [-0.4, -0.2) is 63.5 Å². The van der Waals surface area contributed by atoms with Crippen molar-refractivity contribution in [1.29, 1.82) is 0 Å². The lowest BCUT2D eigenvalue weighted by Gasteiger charge is -2.14. The summed E-state index contributed by atoms with van der Waals surface area (Å²) >= 11 is 0. The average molecular weight is 410 g/mol. The largest absolute Gasteiger partial charge is 0.373 e. The van der Waals surface area contributed by atoms with Crippen LogP contribution in [0.3, 0.4) is 0 Å². The van der Waals surface area contributed by atoms with Crippen LogP contribution in [0.15, 0.2) is 24.4 Å². The van der Waals surface area contributed by atoms with Gasteiger partial charge in [-0.3, -0.25) is 9.59 Å². The van der Waals surface area contributed by atoms with Gasteiger partial charge in [-0.25, -0.2) is 9.97 Å². The van der Waals surface area contributed by atoms with Crippen molar-refractivity contribution >= 4 is 34.9 Å². The van der Waals surface area contributed by atoms with Gasteiger partial charge in [0, 0.05) is 32.4 Å². The Hall–Kier alpha value is -3.69. The van der Waals surface area contributed by atoms with Crippen LogP contribution >= 0.6 is 0 Å². The van der Waals surface area contributed by atoms with Gasteiger partial charge in [-0.1, -0.05) is 0 Å². The summed E-state index contributed by atoms with van der Waals surface area (Å²) in [6.07, 6.45) is 1.44. The number of hydrogen-bond donors (Lipinski definition) is 3. The van der Waals surface area contributed by atoms with Crippen LogP contribution in [0, 0.1) is 13.8 Å². The van der Waals surface area contributed by atoms with Crippen LogP contribution in [0.1, 0.15) is 28.5 Å². The topological polar surface area (TPSA) is 117 Å². The molecule has 3 rings (SSSR count). The Kier molecular flexibility index (Phi) is 6.14. The quantitative estimate of drug-likeness (QED) is 0.543. The summed E-state index contributed by atoms with van der Waals surface area (Å²) < 4.78 is 1.54. The number of carbonyl (C=O) groups excluding carboxylic acids is 2. The number of fused-ring (bicyclic) bond motifs is 1. The average Bonchev–Trinajstić information content (AvgIpc) is 3.13. The molecule has 0 spiro atoms. The van der Waals surface area contributed by atoms with Crippen molar-refractivity contribution in [2.24, 2.45) is 0 Å². The second-order valence-corrected chi connectivity index (χ2v) is 6.96. The lowest BCUT2D eigenvalue weighted by Crippen LogP contribution is -2.38. The van der Waals surface area contributed by atoms with Crippen molar-refractivity contribution < 1.29 is 9.59 Å². The van der Waals surface area contributed by atoms with E-state index in [1.807, 2.05) is 32.9 Å². The molecule has 0 bridgehead atoms. The monoisotopic (exact) mass is 410 g/mol. The molecule has 0 radical (unpaired) electrons. The van der Waals surface area contributed by atoms with Gasteiger partial charge in [0.25, 0.3) is 5.91 Å². The van der Waals surface area contributed by atoms with E-state index < -0.39 is 5.91 Å². The molecule has 0 aliphatic heterocycles. The number of nitrogens with one attached hydrogen (secondary N) is 3. The molecule has 10 nitrogen and oxygen atoms in total. The van der Waals surface area contributed by atoms with Crippen molar-refractivity contribution in [3.63, 3.8) is 0 Å². The highest BCUT2D eigenvalue weighted by Gasteiger charge is 2.18. The Bertz CT molecular complexity index is 1070. The summed E-state index contributed by atoms with van der Waals surface area (Å²) in [6, 6.07) is 5.68. The number of aromatic nitrogens is 4. The van der Waals surface area contributed by atoms with Gasteiger partial charge >= 0.3 is 0 Å². The first-order valence-electron chi connectivity index (χ1n) is 9.63. The fourth-order valence-corrected chi connectivity index (χ4v) is 2.96. The second kappa shape index (κ2) is 8.76. The van der Waals surface area contributed by atoms with E-state index in [0.717, 1.165) is 11.3 Å². The van der Waals surface area contributed by atoms with E-state index in [4.69, 9.17) is 0 Å². The van der Waals surface area contributed by atoms with Crippen molar-refractivity contribution in [3.05, 3.63) is 41.2 Å². The fraction of sp³-hybridized carbons (Fsp3) is 0.350. The molecule has 0 unspecified atom stereocenters. The van der Waals surface area contributed by atoms with Crippen LogP contribution in [0.4, 0.5) is 17.5 Å². The molecule has 3 heterocycles. The van der Waals surface area contributed by atoms with Crippen LogP contribution < -0.4 is 16.0 Å². The highest BCUT2D eigenvalue weighted by Crippen LogP contribution is 2.21. The van der Waals surface area contributed by atoms with Gasteiger partial charge in [-0.05, 0) is 38.5 Å². The number of aryl methyl sites for hydroxylation is 2. The predicted molar refractivity (Wildman–Crippen MR) is 115 cm³/mol. The third-order valence-corrected chi connectivity index (χ3v) is 4.63. The molecule has 0 aliphatic rings. The SMILES string of the molecule is CCN(C)C(=O)CNC(=O)c1cnn2c(NC)cc(Nc3cc(C)cc(C)n3)nc12. The van der Waals surface area contributed by atoms with E-state index in [1.165, 1.54) is 15.6 Å². The number of rotatable bonds is 7. The van der Waals surface area contributed by atoms with Gasteiger partial charge in [0.1, 0.15) is 23.0 Å². The number of nitrogens with zero attached hydrogens (tertiary/aromatic N) is 5. The molecule has 3 aromatic rings. The lowest BCUT2D eigenvalue weighted by atomic mass is 10.2. The summed E-state index contributed by atoms with van der Waals surface area (Å²) in [5.41, 5.74) is 2.60. The molecule has 0 fully saturated rings.